The van der Waals surface area contributed by atoms with Crippen molar-refractivity contribution in [3.05, 3.63) is 6.33 Å². The molecule has 1 heterocycles. The van der Waals surface area contributed by atoms with Gasteiger partial charge in [-0.15, -0.1) is 0 Å². The topological polar surface area (TPSA) is 79.4 Å². The molecule has 0 saturated carbocycles. The van der Waals surface area contributed by atoms with Gasteiger partial charge in [-0.1, -0.05) is 6.92 Å². The molecule has 0 aromatic carbocycles. The molecule has 2 N–H and O–H groups in total. The lowest BCUT2D eigenvalue weighted by Crippen LogP contribution is -2.39. The fourth-order valence-electron chi connectivity index (χ4n) is 1.85. The van der Waals surface area contributed by atoms with Crippen molar-refractivity contribution < 1.29 is 9.53 Å². The molecule has 0 unspecified atom stereocenters. The number of anilines is 2. The Bertz CT molecular complexity index is 465. The first kappa shape index (κ1) is 17.0. The number of nitrogens with one attached hydrogen (secondary N) is 2. The Morgan fingerprint density at radius 3 is 2.71 bits per heavy atom. The van der Waals surface area contributed by atoms with Gasteiger partial charge in [-0.05, 0) is 20.3 Å². The average Bonchev–Trinajstić information content (AvgIpc) is 2.43. The molecule has 118 valence electrons. The van der Waals surface area contributed by atoms with E-state index in [1.165, 1.54) is 6.33 Å². The first-order valence-corrected chi connectivity index (χ1v) is 7.12. The van der Waals surface area contributed by atoms with Crippen LogP contribution in [0.3, 0.4) is 0 Å². The van der Waals surface area contributed by atoms with Gasteiger partial charge < -0.3 is 20.3 Å². The summed E-state index contributed by atoms with van der Waals surface area (Å²) in [6.07, 6.45) is 2.45. The molecule has 7 nitrogen and oxygen atoms in total. The van der Waals surface area contributed by atoms with Crippen molar-refractivity contribution in [3.63, 3.8) is 0 Å². The van der Waals surface area contributed by atoms with E-state index in [2.05, 4.69) is 27.5 Å². The molecule has 0 atom stereocenters. The normalized spacial score (nSPS) is 10.4. The third-order valence-corrected chi connectivity index (χ3v) is 2.72. The molecule has 1 aromatic rings. The number of methoxy groups -OCH3 is 1. The van der Waals surface area contributed by atoms with Crippen molar-refractivity contribution in [2.45, 2.75) is 33.2 Å². The molecular weight excluding hydrogens is 270 g/mol. The second-order valence-electron chi connectivity index (χ2n) is 5.08. The van der Waals surface area contributed by atoms with E-state index < -0.39 is 0 Å². The molecular formula is C14H25N5O2. The van der Waals surface area contributed by atoms with Gasteiger partial charge in [0.2, 0.25) is 11.7 Å². The number of amides is 1. The molecule has 21 heavy (non-hydrogen) atoms. The van der Waals surface area contributed by atoms with E-state index in [9.17, 15) is 4.79 Å². The van der Waals surface area contributed by atoms with Crippen molar-refractivity contribution in [1.29, 1.82) is 0 Å². The predicted molar refractivity (Wildman–Crippen MR) is 83.9 cm³/mol. The number of aromatic nitrogens is 2. The van der Waals surface area contributed by atoms with E-state index in [1.807, 2.05) is 13.8 Å². The number of hydrogen-bond acceptors (Lipinski definition) is 6. The summed E-state index contributed by atoms with van der Waals surface area (Å²) in [5, 5.41) is 6.04. The number of hydrogen-bond donors (Lipinski definition) is 2. The summed E-state index contributed by atoms with van der Waals surface area (Å²) < 4.78 is 5.40. The minimum atomic E-state index is -0.0590. The quantitative estimate of drug-likeness (QED) is 0.752. The molecule has 7 heteroatoms. The summed E-state index contributed by atoms with van der Waals surface area (Å²) in [5.74, 6) is 1.72. The maximum Gasteiger partial charge on any atom is 0.239 e. The third kappa shape index (κ3) is 5.09. The maximum absolute atomic E-state index is 11.8. The number of likely N-dealkylation sites (N-methyl/N-ethyl adjacent to an activating group) is 1. The van der Waals surface area contributed by atoms with Crippen LogP contribution in [0.15, 0.2) is 6.33 Å². The van der Waals surface area contributed by atoms with E-state index in [-0.39, 0.29) is 18.5 Å². The van der Waals surface area contributed by atoms with Gasteiger partial charge in [0.05, 0.1) is 13.7 Å². The van der Waals surface area contributed by atoms with Crippen molar-refractivity contribution in [2.75, 3.05) is 37.5 Å². The molecule has 0 radical (unpaired) electrons. The van der Waals surface area contributed by atoms with Gasteiger partial charge in [-0.25, -0.2) is 9.97 Å². The van der Waals surface area contributed by atoms with Crippen LogP contribution in [0.25, 0.3) is 0 Å². The van der Waals surface area contributed by atoms with Gasteiger partial charge in [-0.3, -0.25) is 4.79 Å². The zero-order chi connectivity index (χ0) is 15.8. The molecule has 0 saturated heterocycles. The highest BCUT2D eigenvalue weighted by atomic mass is 16.5. The Labute approximate surface area is 126 Å². The summed E-state index contributed by atoms with van der Waals surface area (Å²) in [4.78, 5) is 22.0. The minimum Gasteiger partial charge on any atom is -0.490 e. The first-order valence-electron chi connectivity index (χ1n) is 7.12. The predicted octanol–water partition coefficient (Wildman–Crippen LogP) is 1.27. The third-order valence-electron chi connectivity index (χ3n) is 2.72. The van der Waals surface area contributed by atoms with Gasteiger partial charge in [-0.2, -0.15) is 0 Å². The van der Waals surface area contributed by atoms with Crippen LogP contribution in [-0.2, 0) is 4.79 Å². The van der Waals surface area contributed by atoms with E-state index >= 15 is 0 Å². The highest BCUT2D eigenvalue weighted by molar-refractivity contribution is 5.82. The Morgan fingerprint density at radius 2 is 2.14 bits per heavy atom. The largest absolute Gasteiger partial charge is 0.490 e. The Morgan fingerprint density at radius 1 is 1.43 bits per heavy atom. The lowest BCUT2D eigenvalue weighted by atomic mass is 10.3. The lowest BCUT2D eigenvalue weighted by molar-refractivity contribution is -0.120. The van der Waals surface area contributed by atoms with Crippen molar-refractivity contribution in [1.82, 2.24) is 15.3 Å². The second kappa shape index (κ2) is 8.28. The molecule has 0 fully saturated rings. The molecule has 1 amide bonds. The number of rotatable bonds is 8. The van der Waals surface area contributed by atoms with Crippen molar-refractivity contribution in [2.24, 2.45) is 0 Å². The van der Waals surface area contributed by atoms with Crippen molar-refractivity contribution in [3.8, 4) is 5.75 Å². The van der Waals surface area contributed by atoms with Crippen molar-refractivity contribution >= 4 is 17.5 Å². The molecule has 0 bridgehead atoms. The van der Waals surface area contributed by atoms with Crippen LogP contribution < -0.4 is 20.3 Å². The summed E-state index contributed by atoms with van der Waals surface area (Å²) in [5.41, 5.74) is 0. The first-order chi connectivity index (χ1) is 9.99. The lowest BCUT2D eigenvalue weighted by Gasteiger charge is -2.21. The smallest absolute Gasteiger partial charge is 0.239 e. The maximum atomic E-state index is 11.8. The molecule has 0 aliphatic rings. The van der Waals surface area contributed by atoms with Crippen LogP contribution in [0.1, 0.15) is 27.2 Å². The zero-order valence-corrected chi connectivity index (χ0v) is 13.4. The summed E-state index contributed by atoms with van der Waals surface area (Å²) in [6, 6.07) is 0.111. The molecule has 0 spiro atoms. The summed E-state index contributed by atoms with van der Waals surface area (Å²) in [7, 11) is 3.37. The van der Waals surface area contributed by atoms with E-state index in [0.717, 1.165) is 13.0 Å². The monoisotopic (exact) mass is 295 g/mol. The van der Waals surface area contributed by atoms with Gasteiger partial charge in [0, 0.05) is 19.6 Å². The second-order valence-corrected chi connectivity index (χ2v) is 5.08. The molecule has 1 aromatic heterocycles. The Kier molecular flexibility index (Phi) is 6.71. The van der Waals surface area contributed by atoms with Crippen LogP contribution in [0.5, 0.6) is 5.75 Å². The van der Waals surface area contributed by atoms with Gasteiger partial charge in [0.15, 0.2) is 11.6 Å². The van der Waals surface area contributed by atoms with E-state index in [1.54, 1.807) is 19.1 Å². The number of carbonyl (C=O) groups is 1. The summed E-state index contributed by atoms with van der Waals surface area (Å²) in [6.45, 7) is 6.93. The fraction of sp³-hybridized carbons (Fsp3) is 0.643. The van der Waals surface area contributed by atoms with Crippen LogP contribution >= 0.6 is 0 Å². The molecule has 0 aliphatic carbocycles. The standard InChI is InChI=1S/C14H25N5O2/c1-6-7-15-13-12(21-5)14(17-9-16-13)19(4)8-11(20)18-10(2)3/h9-10H,6-8H2,1-5H3,(H,18,20)(H,15,16,17). The van der Waals surface area contributed by atoms with Crippen LogP contribution in [0.4, 0.5) is 11.6 Å². The Balaban J connectivity index is 2.87. The summed E-state index contributed by atoms with van der Waals surface area (Å²) >= 11 is 0. The average molecular weight is 295 g/mol. The van der Waals surface area contributed by atoms with Gasteiger partial charge in [0.1, 0.15) is 6.33 Å². The van der Waals surface area contributed by atoms with E-state index in [4.69, 9.17) is 4.74 Å². The van der Waals surface area contributed by atoms with Crippen LogP contribution in [0.2, 0.25) is 0 Å². The zero-order valence-electron chi connectivity index (χ0n) is 13.4. The molecule has 1 rings (SSSR count). The van der Waals surface area contributed by atoms with E-state index in [0.29, 0.717) is 17.4 Å². The fourth-order valence-corrected chi connectivity index (χ4v) is 1.85. The number of carbonyl (C=O) groups excluding carboxylic acids is 1. The Hall–Kier alpha value is -2.05. The van der Waals surface area contributed by atoms with Crippen LogP contribution in [0, 0.1) is 0 Å². The van der Waals surface area contributed by atoms with Crippen LogP contribution in [-0.4, -0.2) is 49.2 Å². The van der Waals surface area contributed by atoms with Gasteiger partial charge >= 0.3 is 0 Å². The number of ether oxygens (including phenoxy) is 1. The SMILES string of the molecule is CCCNc1ncnc(N(C)CC(=O)NC(C)C)c1OC. The van der Waals surface area contributed by atoms with Gasteiger partial charge in [0.25, 0.3) is 0 Å². The highest BCUT2D eigenvalue weighted by Crippen LogP contribution is 2.30. The number of nitrogens with zero attached hydrogens (tertiary/aromatic N) is 3. The highest BCUT2D eigenvalue weighted by Gasteiger charge is 2.17. The molecule has 0 aliphatic heterocycles. The minimum absolute atomic E-state index is 0.0590.